The van der Waals surface area contributed by atoms with Gasteiger partial charge >= 0.3 is 0 Å². The molecule has 1 aliphatic rings. The molecular weight excluding hydrogens is 252 g/mol. The van der Waals surface area contributed by atoms with Gasteiger partial charge in [-0.05, 0) is 37.4 Å². The Kier molecular flexibility index (Phi) is 3.87. The van der Waals surface area contributed by atoms with E-state index >= 15 is 0 Å². The normalized spacial score (nSPS) is 18.8. The van der Waals surface area contributed by atoms with E-state index in [2.05, 4.69) is 32.4 Å². The molecule has 0 aliphatic heterocycles. The summed E-state index contributed by atoms with van der Waals surface area (Å²) in [5, 5.41) is 7.37. The van der Waals surface area contributed by atoms with Gasteiger partial charge in [-0.2, -0.15) is 4.98 Å². The molecule has 0 saturated heterocycles. The van der Waals surface area contributed by atoms with Gasteiger partial charge in [-0.15, -0.1) is 0 Å². The average Bonchev–Trinajstić information content (AvgIpc) is 3.02. The van der Waals surface area contributed by atoms with E-state index < -0.39 is 0 Å². The van der Waals surface area contributed by atoms with Gasteiger partial charge in [-0.25, -0.2) is 0 Å². The van der Waals surface area contributed by atoms with Crippen LogP contribution in [-0.4, -0.2) is 21.8 Å². The highest BCUT2D eigenvalue weighted by Gasteiger charge is 2.19. The lowest BCUT2D eigenvalue weighted by Crippen LogP contribution is -2.15. The molecular formula is C15H22N4O. The molecule has 1 N–H and O–H groups in total. The van der Waals surface area contributed by atoms with Crippen molar-refractivity contribution < 1.29 is 4.52 Å². The van der Waals surface area contributed by atoms with Crippen molar-refractivity contribution in [1.82, 2.24) is 20.0 Å². The Morgan fingerprint density at radius 3 is 3.05 bits per heavy atom. The largest absolute Gasteiger partial charge is 0.344 e. The first-order valence-electron chi connectivity index (χ1n) is 7.47. The van der Waals surface area contributed by atoms with Gasteiger partial charge in [0.25, 0.3) is 0 Å². The molecule has 1 unspecified atom stereocenters. The number of nitrogens with zero attached hydrogens (tertiary/aromatic N) is 3. The van der Waals surface area contributed by atoms with E-state index in [1.54, 1.807) is 0 Å². The molecule has 0 amide bonds. The van der Waals surface area contributed by atoms with Crippen LogP contribution in [0.3, 0.4) is 0 Å². The van der Waals surface area contributed by atoms with Crippen LogP contribution < -0.4 is 5.32 Å². The lowest BCUT2D eigenvalue weighted by atomic mass is 10.1. The van der Waals surface area contributed by atoms with Crippen molar-refractivity contribution in [3.63, 3.8) is 0 Å². The first kappa shape index (κ1) is 13.4. The van der Waals surface area contributed by atoms with Gasteiger partial charge in [-0.1, -0.05) is 18.5 Å². The van der Waals surface area contributed by atoms with Crippen molar-refractivity contribution in [3.05, 3.63) is 35.2 Å². The van der Waals surface area contributed by atoms with Gasteiger partial charge in [0.15, 0.2) is 5.82 Å². The second kappa shape index (κ2) is 5.79. The Morgan fingerprint density at radius 1 is 1.40 bits per heavy atom. The Bertz CT molecular complexity index is 572. The van der Waals surface area contributed by atoms with Crippen LogP contribution in [0.4, 0.5) is 0 Å². The molecule has 3 rings (SSSR count). The minimum atomic E-state index is 0.475. The van der Waals surface area contributed by atoms with Crippen LogP contribution in [0.5, 0.6) is 0 Å². The van der Waals surface area contributed by atoms with Gasteiger partial charge in [0, 0.05) is 24.9 Å². The van der Waals surface area contributed by atoms with Gasteiger partial charge < -0.3 is 14.4 Å². The molecule has 108 valence electrons. The number of rotatable bonds is 4. The number of aryl methyl sites for hydroxylation is 2. The van der Waals surface area contributed by atoms with E-state index in [9.17, 15) is 0 Å². The van der Waals surface area contributed by atoms with E-state index in [1.807, 2.05) is 14.0 Å². The lowest BCUT2D eigenvalue weighted by molar-refractivity contribution is 0.366. The van der Waals surface area contributed by atoms with E-state index in [4.69, 9.17) is 4.52 Å². The first-order valence-corrected chi connectivity index (χ1v) is 7.47. The van der Waals surface area contributed by atoms with Gasteiger partial charge in [0.2, 0.25) is 5.89 Å². The smallest absolute Gasteiger partial charge is 0.246 e. The Hall–Kier alpha value is -1.62. The highest BCUT2D eigenvalue weighted by molar-refractivity contribution is 5.29. The molecule has 0 radical (unpaired) electrons. The number of nitrogens with one attached hydrogen (secondary N) is 1. The molecule has 2 heterocycles. The molecule has 2 aromatic rings. The minimum Gasteiger partial charge on any atom is -0.344 e. The third-order valence-electron chi connectivity index (χ3n) is 4.05. The van der Waals surface area contributed by atoms with E-state index in [1.165, 1.54) is 36.8 Å². The molecule has 2 aromatic heterocycles. The second-order valence-electron chi connectivity index (χ2n) is 5.46. The molecule has 1 atom stereocenters. The van der Waals surface area contributed by atoms with Gasteiger partial charge in [-0.3, -0.25) is 0 Å². The van der Waals surface area contributed by atoms with E-state index in [0.29, 0.717) is 18.5 Å². The maximum Gasteiger partial charge on any atom is 0.246 e. The number of fused-ring (bicyclic) bond motifs is 1. The van der Waals surface area contributed by atoms with Crippen LogP contribution in [-0.2, 0) is 19.4 Å². The van der Waals surface area contributed by atoms with Crippen molar-refractivity contribution in [2.45, 2.75) is 51.6 Å². The van der Waals surface area contributed by atoms with Crippen LogP contribution in [0.15, 0.2) is 16.9 Å². The van der Waals surface area contributed by atoms with E-state index in [0.717, 1.165) is 12.2 Å². The zero-order valence-corrected chi connectivity index (χ0v) is 12.2. The SMILES string of the molecule is CCc1noc(Cn2cc3c(c2)C(NC)CCCC3)n1. The zero-order chi connectivity index (χ0) is 13.9. The summed E-state index contributed by atoms with van der Waals surface area (Å²) in [5.74, 6) is 1.47. The maximum atomic E-state index is 5.27. The fourth-order valence-electron chi connectivity index (χ4n) is 2.96. The van der Waals surface area contributed by atoms with Crippen molar-refractivity contribution in [1.29, 1.82) is 0 Å². The molecule has 1 aliphatic carbocycles. The average molecular weight is 274 g/mol. The summed E-state index contributed by atoms with van der Waals surface area (Å²) < 4.78 is 7.45. The third kappa shape index (κ3) is 2.63. The summed E-state index contributed by atoms with van der Waals surface area (Å²) in [6.07, 6.45) is 10.2. The lowest BCUT2D eigenvalue weighted by Gasteiger charge is -2.13. The van der Waals surface area contributed by atoms with Gasteiger partial charge in [0.05, 0.1) is 0 Å². The first-order chi connectivity index (χ1) is 9.80. The Morgan fingerprint density at radius 2 is 2.30 bits per heavy atom. The molecule has 0 fully saturated rings. The molecule has 0 spiro atoms. The molecule has 20 heavy (non-hydrogen) atoms. The maximum absolute atomic E-state index is 5.27. The summed E-state index contributed by atoms with van der Waals surface area (Å²) >= 11 is 0. The Balaban J connectivity index is 1.81. The van der Waals surface area contributed by atoms with E-state index in [-0.39, 0.29) is 0 Å². The van der Waals surface area contributed by atoms with Crippen molar-refractivity contribution in [2.24, 2.45) is 0 Å². The highest BCUT2D eigenvalue weighted by atomic mass is 16.5. The summed E-state index contributed by atoms with van der Waals surface area (Å²) in [6.45, 7) is 2.69. The number of hydrogen-bond donors (Lipinski definition) is 1. The molecule has 5 heteroatoms. The summed E-state index contributed by atoms with van der Waals surface area (Å²) in [5.41, 5.74) is 2.89. The predicted molar refractivity (Wildman–Crippen MR) is 76.6 cm³/mol. The minimum absolute atomic E-state index is 0.475. The standard InChI is InChI=1S/C15H22N4O/c1-3-14-17-15(20-18-14)10-19-8-11-6-4-5-7-13(16-2)12(11)9-19/h8-9,13,16H,3-7,10H2,1-2H3. The van der Waals surface area contributed by atoms with Crippen LogP contribution in [0.2, 0.25) is 0 Å². The second-order valence-corrected chi connectivity index (χ2v) is 5.46. The van der Waals surface area contributed by atoms with Crippen LogP contribution in [0, 0.1) is 0 Å². The third-order valence-corrected chi connectivity index (χ3v) is 4.05. The molecule has 0 aromatic carbocycles. The topological polar surface area (TPSA) is 55.9 Å². The van der Waals surface area contributed by atoms with Crippen LogP contribution in [0.25, 0.3) is 0 Å². The Labute approximate surface area is 119 Å². The molecule has 0 bridgehead atoms. The zero-order valence-electron chi connectivity index (χ0n) is 12.2. The summed E-state index contributed by atoms with van der Waals surface area (Å²) in [4.78, 5) is 4.37. The number of aromatic nitrogens is 3. The predicted octanol–water partition coefficient (Wildman–Crippen LogP) is 2.47. The van der Waals surface area contributed by atoms with Gasteiger partial charge in [0.1, 0.15) is 6.54 Å². The highest BCUT2D eigenvalue weighted by Crippen LogP contribution is 2.29. The summed E-state index contributed by atoms with van der Waals surface area (Å²) in [7, 11) is 2.04. The van der Waals surface area contributed by atoms with Crippen molar-refractivity contribution >= 4 is 0 Å². The molecule has 5 nitrogen and oxygen atoms in total. The van der Waals surface area contributed by atoms with Crippen LogP contribution in [0.1, 0.15) is 55.1 Å². The van der Waals surface area contributed by atoms with Crippen molar-refractivity contribution in [2.75, 3.05) is 7.05 Å². The van der Waals surface area contributed by atoms with Crippen molar-refractivity contribution in [3.8, 4) is 0 Å². The monoisotopic (exact) mass is 274 g/mol. The fraction of sp³-hybridized carbons (Fsp3) is 0.600. The fourth-order valence-corrected chi connectivity index (χ4v) is 2.96. The molecule has 0 saturated carbocycles. The summed E-state index contributed by atoms with van der Waals surface area (Å²) in [6, 6.07) is 0.475. The quantitative estimate of drug-likeness (QED) is 0.870. The number of hydrogen-bond acceptors (Lipinski definition) is 4. The van der Waals surface area contributed by atoms with Crippen LogP contribution >= 0.6 is 0 Å².